The molecule has 122 valence electrons. The SMILES string of the molecule is O=[N+]([O-])c1ccc(Oc2ccc(Cl)cc2Cl)cc1OCCCBr. The highest BCUT2D eigenvalue weighted by Crippen LogP contribution is 2.36. The summed E-state index contributed by atoms with van der Waals surface area (Å²) in [4.78, 5) is 10.6. The summed E-state index contributed by atoms with van der Waals surface area (Å²) in [6, 6.07) is 9.11. The Morgan fingerprint density at radius 2 is 1.91 bits per heavy atom. The average Bonchev–Trinajstić information content (AvgIpc) is 2.50. The summed E-state index contributed by atoms with van der Waals surface area (Å²) >= 11 is 15.2. The van der Waals surface area contributed by atoms with E-state index in [1.165, 1.54) is 18.2 Å². The van der Waals surface area contributed by atoms with Crippen molar-refractivity contribution < 1.29 is 14.4 Å². The molecule has 2 aromatic rings. The molecule has 0 aliphatic carbocycles. The van der Waals surface area contributed by atoms with Gasteiger partial charge in [-0.2, -0.15) is 0 Å². The van der Waals surface area contributed by atoms with Crippen molar-refractivity contribution in [2.75, 3.05) is 11.9 Å². The van der Waals surface area contributed by atoms with Gasteiger partial charge in [0.25, 0.3) is 0 Å². The Kier molecular flexibility index (Phi) is 6.50. The predicted octanol–water partition coefficient (Wildman–Crippen LogP) is 5.86. The second kappa shape index (κ2) is 8.38. The Bertz CT molecular complexity index is 712. The van der Waals surface area contributed by atoms with E-state index >= 15 is 0 Å². The Morgan fingerprint density at radius 3 is 2.57 bits per heavy atom. The summed E-state index contributed by atoms with van der Waals surface area (Å²) in [6.07, 6.45) is 0.727. The van der Waals surface area contributed by atoms with E-state index in [0.717, 1.165) is 11.8 Å². The van der Waals surface area contributed by atoms with Crippen LogP contribution in [0.4, 0.5) is 5.69 Å². The number of benzene rings is 2. The van der Waals surface area contributed by atoms with Gasteiger partial charge < -0.3 is 9.47 Å². The molecule has 0 spiro atoms. The molecule has 0 amide bonds. The molecule has 5 nitrogen and oxygen atoms in total. The molecular weight excluding hydrogens is 409 g/mol. The van der Waals surface area contributed by atoms with Crippen LogP contribution >= 0.6 is 39.1 Å². The van der Waals surface area contributed by atoms with Gasteiger partial charge in [0.1, 0.15) is 11.5 Å². The maximum atomic E-state index is 11.1. The highest BCUT2D eigenvalue weighted by Gasteiger charge is 2.17. The summed E-state index contributed by atoms with van der Waals surface area (Å²) < 4.78 is 11.1. The molecular formula is C15H12BrCl2NO4. The molecule has 0 radical (unpaired) electrons. The minimum atomic E-state index is -0.498. The van der Waals surface area contributed by atoms with Gasteiger partial charge in [-0.05, 0) is 30.7 Å². The van der Waals surface area contributed by atoms with E-state index in [9.17, 15) is 10.1 Å². The van der Waals surface area contributed by atoms with Crippen molar-refractivity contribution in [3.05, 3.63) is 56.6 Å². The van der Waals surface area contributed by atoms with Gasteiger partial charge in [0.2, 0.25) is 5.75 Å². The molecule has 0 aliphatic heterocycles. The number of halogens is 3. The zero-order chi connectivity index (χ0) is 16.8. The van der Waals surface area contributed by atoms with Crippen LogP contribution < -0.4 is 9.47 Å². The first-order valence-corrected chi connectivity index (χ1v) is 8.49. The van der Waals surface area contributed by atoms with Crippen molar-refractivity contribution in [1.29, 1.82) is 0 Å². The van der Waals surface area contributed by atoms with E-state index in [4.69, 9.17) is 32.7 Å². The molecule has 0 bridgehead atoms. The first-order chi connectivity index (χ1) is 11.0. The molecule has 2 aromatic carbocycles. The molecule has 0 aromatic heterocycles. The van der Waals surface area contributed by atoms with Gasteiger partial charge >= 0.3 is 5.69 Å². The fourth-order valence-electron chi connectivity index (χ4n) is 1.75. The molecule has 0 aliphatic rings. The van der Waals surface area contributed by atoms with E-state index in [0.29, 0.717) is 28.2 Å². The van der Waals surface area contributed by atoms with Gasteiger partial charge in [0, 0.05) is 22.5 Å². The van der Waals surface area contributed by atoms with Crippen LogP contribution in [0.15, 0.2) is 36.4 Å². The van der Waals surface area contributed by atoms with Gasteiger partial charge in [0.05, 0.1) is 16.6 Å². The zero-order valence-corrected chi connectivity index (χ0v) is 14.9. The van der Waals surface area contributed by atoms with Gasteiger partial charge in [-0.3, -0.25) is 10.1 Å². The highest BCUT2D eigenvalue weighted by molar-refractivity contribution is 9.09. The topological polar surface area (TPSA) is 61.6 Å². The van der Waals surface area contributed by atoms with Gasteiger partial charge in [0.15, 0.2) is 0 Å². The largest absolute Gasteiger partial charge is 0.487 e. The lowest BCUT2D eigenvalue weighted by Crippen LogP contribution is -2.01. The molecule has 0 saturated carbocycles. The Balaban J connectivity index is 2.25. The van der Waals surface area contributed by atoms with E-state index in [1.807, 2.05) is 0 Å². The number of nitro groups is 1. The quantitative estimate of drug-likeness (QED) is 0.243. The van der Waals surface area contributed by atoms with Crippen molar-refractivity contribution in [1.82, 2.24) is 0 Å². The van der Waals surface area contributed by atoms with E-state index in [-0.39, 0.29) is 11.4 Å². The summed E-state index contributed by atoms with van der Waals surface area (Å²) in [6.45, 7) is 0.358. The van der Waals surface area contributed by atoms with Gasteiger partial charge in [-0.1, -0.05) is 39.1 Å². The lowest BCUT2D eigenvalue weighted by atomic mass is 10.2. The molecule has 0 atom stereocenters. The molecule has 2 rings (SSSR count). The number of alkyl halides is 1. The second-order valence-electron chi connectivity index (χ2n) is 4.45. The maximum absolute atomic E-state index is 11.1. The van der Waals surface area contributed by atoms with E-state index in [1.54, 1.807) is 18.2 Å². The third-order valence-corrected chi connectivity index (χ3v) is 3.88. The first kappa shape index (κ1) is 17.8. The van der Waals surface area contributed by atoms with Crippen molar-refractivity contribution in [3.63, 3.8) is 0 Å². The number of nitrogens with zero attached hydrogens (tertiary/aromatic N) is 1. The van der Waals surface area contributed by atoms with Gasteiger partial charge in [-0.25, -0.2) is 0 Å². The fourth-order valence-corrected chi connectivity index (χ4v) is 2.42. The number of hydrogen-bond acceptors (Lipinski definition) is 4. The molecule has 0 saturated heterocycles. The Morgan fingerprint density at radius 1 is 1.13 bits per heavy atom. The summed E-state index contributed by atoms with van der Waals surface area (Å²) in [5.74, 6) is 0.934. The summed E-state index contributed by atoms with van der Waals surface area (Å²) in [7, 11) is 0. The van der Waals surface area contributed by atoms with Crippen LogP contribution in [0.5, 0.6) is 17.2 Å². The van der Waals surface area contributed by atoms with Crippen LogP contribution in [0.25, 0.3) is 0 Å². The van der Waals surface area contributed by atoms with E-state index < -0.39 is 4.92 Å². The molecule has 0 heterocycles. The van der Waals surface area contributed by atoms with Crippen LogP contribution in [-0.2, 0) is 0 Å². The van der Waals surface area contributed by atoms with Crippen molar-refractivity contribution in [2.45, 2.75) is 6.42 Å². The summed E-state index contributed by atoms with van der Waals surface area (Å²) in [5.41, 5.74) is -0.117. The predicted molar refractivity (Wildman–Crippen MR) is 93.5 cm³/mol. The summed E-state index contributed by atoms with van der Waals surface area (Å²) in [5, 5.41) is 12.6. The fraction of sp³-hybridized carbons (Fsp3) is 0.200. The van der Waals surface area contributed by atoms with Crippen LogP contribution in [0.2, 0.25) is 10.0 Å². The normalized spacial score (nSPS) is 10.4. The van der Waals surface area contributed by atoms with Gasteiger partial charge in [-0.15, -0.1) is 0 Å². The standard InChI is InChI=1S/C15H12BrCl2NO4/c16-6-1-7-22-15-9-11(3-4-13(15)19(20)21)23-14-5-2-10(17)8-12(14)18/h2-5,8-9H,1,6-7H2. The van der Waals surface area contributed by atoms with Crippen LogP contribution in [0.3, 0.4) is 0 Å². The maximum Gasteiger partial charge on any atom is 0.311 e. The van der Waals surface area contributed by atoms with Crippen LogP contribution in [0, 0.1) is 10.1 Å². The number of rotatable bonds is 7. The van der Waals surface area contributed by atoms with Crippen molar-refractivity contribution in [3.8, 4) is 17.2 Å². The zero-order valence-electron chi connectivity index (χ0n) is 11.8. The molecule has 0 unspecified atom stereocenters. The average molecular weight is 421 g/mol. The third kappa shape index (κ3) is 4.99. The molecule has 8 heteroatoms. The van der Waals surface area contributed by atoms with Crippen LogP contribution in [-0.4, -0.2) is 16.9 Å². The second-order valence-corrected chi connectivity index (χ2v) is 6.09. The first-order valence-electron chi connectivity index (χ1n) is 6.61. The monoisotopic (exact) mass is 419 g/mol. The van der Waals surface area contributed by atoms with Crippen molar-refractivity contribution >= 4 is 44.8 Å². The lowest BCUT2D eigenvalue weighted by Gasteiger charge is -2.10. The highest BCUT2D eigenvalue weighted by atomic mass is 79.9. The third-order valence-electron chi connectivity index (χ3n) is 2.79. The minimum absolute atomic E-state index is 0.117. The Labute approximate surface area is 151 Å². The van der Waals surface area contributed by atoms with Crippen molar-refractivity contribution in [2.24, 2.45) is 0 Å². The molecule has 0 N–H and O–H groups in total. The smallest absolute Gasteiger partial charge is 0.311 e. The minimum Gasteiger partial charge on any atom is -0.487 e. The van der Waals surface area contributed by atoms with Crippen LogP contribution in [0.1, 0.15) is 6.42 Å². The lowest BCUT2D eigenvalue weighted by molar-refractivity contribution is -0.385. The molecule has 23 heavy (non-hydrogen) atoms. The molecule has 0 fully saturated rings. The Hall–Kier alpha value is -1.50. The number of nitro benzene ring substituents is 1. The number of hydrogen-bond donors (Lipinski definition) is 0. The number of ether oxygens (including phenoxy) is 2. The van der Waals surface area contributed by atoms with E-state index in [2.05, 4.69) is 15.9 Å².